The van der Waals surface area contributed by atoms with Crippen molar-refractivity contribution >= 4 is 11.3 Å². The molecule has 0 radical (unpaired) electrons. The van der Waals surface area contributed by atoms with Crippen molar-refractivity contribution in [1.29, 1.82) is 0 Å². The molecule has 2 N–H and O–H groups in total. The highest BCUT2D eigenvalue weighted by atomic mass is 32.1. The lowest BCUT2D eigenvalue weighted by molar-refractivity contribution is 0.246. The summed E-state index contributed by atoms with van der Waals surface area (Å²) in [6.07, 6.45) is 6.55. The van der Waals surface area contributed by atoms with Crippen LogP contribution in [0.4, 0.5) is 0 Å². The molecule has 1 aromatic rings. The highest BCUT2D eigenvalue weighted by Gasteiger charge is 2.24. The molecular weight excluding hydrogens is 202 g/mol. The zero-order chi connectivity index (χ0) is 10.7. The number of nitrogens with two attached hydrogens (primary N) is 1. The summed E-state index contributed by atoms with van der Waals surface area (Å²) in [5.41, 5.74) is 6.31. The van der Waals surface area contributed by atoms with E-state index in [2.05, 4.69) is 24.4 Å². The molecule has 0 saturated heterocycles. The first-order valence-electron chi connectivity index (χ1n) is 6.03. The van der Waals surface area contributed by atoms with Crippen molar-refractivity contribution in [2.24, 2.45) is 17.6 Å². The van der Waals surface area contributed by atoms with E-state index in [-0.39, 0.29) is 0 Å². The standard InChI is InChI=1S/C13H21NS/c1-10-4-2-5-11(8-10)13(14)9-12-6-3-7-15-12/h3,6-7,10-11,13H,2,4-5,8-9,14H2,1H3. The fourth-order valence-electron chi connectivity index (χ4n) is 2.70. The van der Waals surface area contributed by atoms with Gasteiger partial charge in [0.15, 0.2) is 0 Å². The summed E-state index contributed by atoms with van der Waals surface area (Å²) < 4.78 is 0. The van der Waals surface area contributed by atoms with Gasteiger partial charge in [-0.1, -0.05) is 25.8 Å². The molecule has 1 aromatic heterocycles. The maximum atomic E-state index is 6.31. The van der Waals surface area contributed by atoms with Crippen molar-refractivity contribution < 1.29 is 0 Å². The third-order valence-corrected chi connectivity index (χ3v) is 4.50. The molecule has 1 aliphatic carbocycles. The van der Waals surface area contributed by atoms with Crippen LogP contribution in [0, 0.1) is 11.8 Å². The summed E-state index contributed by atoms with van der Waals surface area (Å²) in [4.78, 5) is 1.45. The van der Waals surface area contributed by atoms with Crippen molar-refractivity contribution in [1.82, 2.24) is 0 Å². The van der Waals surface area contributed by atoms with Gasteiger partial charge >= 0.3 is 0 Å². The average molecular weight is 223 g/mol. The second kappa shape index (κ2) is 5.13. The number of hydrogen-bond donors (Lipinski definition) is 1. The molecule has 0 aliphatic heterocycles. The third-order valence-electron chi connectivity index (χ3n) is 3.60. The zero-order valence-electron chi connectivity index (χ0n) is 9.49. The quantitative estimate of drug-likeness (QED) is 0.834. The molecule has 3 atom stereocenters. The van der Waals surface area contributed by atoms with Crippen LogP contribution in [0.1, 0.15) is 37.5 Å². The maximum absolute atomic E-state index is 6.31. The van der Waals surface area contributed by atoms with Gasteiger partial charge in [-0.3, -0.25) is 0 Å². The summed E-state index contributed by atoms with van der Waals surface area (Å²) in [6.45, 7) is 2.37. The lowest BCUT2D eigenvalue weighted by Crippen LogP contribution is -2.34. The Balaban J connectivity index is 1.87. The Morgan fingerprint density at radius 2 is 2.40 bits per heavy atom. The Morgan fingerprint density at radius 1 is 1.53 bits per heavy atom. The Hall–Kier alpha value is -0.340. The van der Waals surface area contributed by atoms with Crippen LogP contribution in [0.15, 0.2) is 17.5 Å². The zero-order valence-corrected chi connectivity index (χ0v) is 10.3. The van der Waals surface area contributed by atoms with Gasteiger partial charge in [-0.25, -0.2) is 0 Å². The van der Waals surface area contributed by atoms with Gasteiger partial charge in [0.1, 0.15) is 0 Å². The second-order valence-corrected chi connectivity index (χ2v) is 6.01. The summed E-state index contributed by atoms with van der Waals surface area (Å²) >= 11 is 1.84. The Kier molecular flexibility index (Phi) is 3.81. The number of rotatable bonds is 3. The van der Waals surface area contributed by atoms with Crippen LogP contribution in [0.25, 0.3) is 0 Å². The molecule has 1 heterocycles. The van der Waals surface area contributed by atoms with Gasteiger partial charge in [-0.2, -0.15) is 0 Å². The smallest absolute Gasteiger partial charge is 0.0116 e. The van der Waals surface area contributed by atoms with E-state index < -0.39 is 0 Å². The van der Waals surface area contributed by atoms with E-state index in [4.69, 9.17) is 5.73 Å². The lowest BCUT2D eigenvalue weighted by Gasteiger charge is -2.31. The van der Waals surface area contributed by atoms with E-state index >= 15 is 0 Å². The normalized spacial score (nSPS) is 28.9. The van der Waals surface area contributed by atoms with Crippen LogP contribution in [0.2, 0.25) is 0 Å². The van der Waals surface area contributed by atoms with Crippen molar-refractivity contribution in [2.75, 3.05) is 0 Å². The minimum Gasteiger partial charge on any atom is -0.327 e. The molecular formula is C13H21NS. The van der Waals surface area contributed by atoms with Crippen molar-refractivity contribution in [3.63, 3.8) is 0 Å². The molecule has 0 bridgehead atoms. The first kappa shape index (κ1) is 11.2. The van der Waals surface area contributed by atoms with E-state index in [1.165, 1.54) is 30.6 Å². The molecule has 1 fully saturated rings. The molecule has 1 nitrogen and oxygen atoms in total. The summed E-state index contributed by atoms with van der Waals surface area (Å²) in [5, 5.41) is 2.14. The topological polar surface area (TPSA) is 26.0 Å². The monoisotopic (exact) mass is 223 g/mol. The van der Waals surface area contributed by atoms with Crippen LogP contribution < -0.4 is 5.73 Å². The molecule has 1 saturated carbocycles. The van der Waals surface area contributed by atoms with Crippen LogP contribution in [-0.2, 0) is 6.42 Å². The van der Waals surface area contributed by atoms with Gasteiger partial charge in [0.05, 0.1) is 0 Å². The highest BCUT2D eigenvalue weighted by Crippen LogP contribution is 2.31. The maximum Gasteiger partial charge on any atom is 0.0116 e. The van der Waals surface area contributed by atoms with Gasteiger partial charge in [0.2, 0.25) is 0 Å². The molecule has 84 valence electrons. The predicted octanol–water partition coefficient (Wildman–Crippen LogP) is 3.44. The highest BCUT2D eigenvalue weighted by molar-refractivity contribution is 7.09. The first-order chi connectivity index (χ1) is 7.25. The van der Waals surface area contributed by atoms with Crippen LogP contribution >= 0.6 is 11.3 Å². The van der Waals surface area contributed by atoms with E-state index in [1.807, 2.05) is 11.3 Å². The van der Waals surface area contributed by atoms with Crippen LogP contribution in [-0.4, -0.2) is 6.04 Å². The lowest BCUT2D eigenvalue weighted by atomic mass is 9.78. The molecule has 1 aliphatic rings. The summed E-state index contributed by atoms with van der Waals surface area (Å²) in [5.74, 6) is 1.65. The first-order valence-corrected chi connectivity index (χ1v) is 6.91. The third kappa shape index (κ3) is 3.05. The van der Waals surface area contributed by atoms with Crippen LogP contribution in [0.3, 0.4) is 0 Å². The van der Waals surface area contributed by atoms with E-state index in [0.29, 0.717) is 6.04 Å². The minimum atomic E-state index is 0.381. The molecule has 0 aromatic carbocycles. The second-order valence-electron chi connectivity index (χ2n) is 4.98. The largest absolute Gasteiger partial charge is 0.327 e. The Morgan fingerprint density at radius 3 is 3.07 bits per heavy atom. The molecule has 0 spiro atoms. The van der Waals surface area contributed by atoms with Gasteiger partial charge in [0.25, 0.3) is 0 Å². The van der Waals surface area contributed by atoms with Gasteiger partial charge in [-0.15, -0.1) is 11.3 Å². The fraction of sp³-hybridized carbons (Fsp3) is 0.692. The van der Waals surface area contributed by atoms with Crippen molar-refractivity contribution in [2.45, 2.75) is 45.1 Å². The molecule has 15 heavy (non-hydrogen) atoms. The molecule has 3 unspecified atom stereocenters. The average Bonchev–Trinajstić information content (AvgIpc) is 2.70. The molecule has 0 amide bonds. The number of thiophene rings is 1. The minimum absolute atomic E-state index is 0.381. The predicted molar refractivity (Wildman–Crippen MR) is 67.1 cm³/mol. The summed E-state index contributed by atoms with van der Waals surface area (Å²) in [6, 6.07) is 4.71. The Labute approximate surface area is 96.7 Å². The summed E-state index contributed by atoms with van der Waals surface area (Å²) in [7, 11) is 0. The molecule has 2 rings (SSSR count). The Bertz CT molecular complexity index is 281. The SMILES string of the molecule is CC1CCCC(C(N)Cc2cccs2)C1. The van der Waals surface area contributed by atoms with Gasteiger partial charge < -0.3 is 5.73 Å². The van der Waals surface area contributed by atoms with E-state index in [1.54, 1.807) is 0 Å². The van der Waals surface area contributed by atoms with Gasteiger partial charge in [-0.05, 0) is 42.5 Å². The number of hydrogen-bond acceptors (Lipinski definition) is 2. The molecule has 2 heteroatoms. The van der Waals surface area contributed by atoms with E-state index in [0.717, 1.165) is 18.3 Å². The fourth-order valence-corrected chi connectivity index (χ4v) is 3.48. The van der Waals surface area contributed by atoms with E-state index in [9.17, 15) is 0 Å². The van der Waals surface area contributed by atoms with Crippen LogP contribution in [0.5, 0.6) is 0 Å². The van der Waals surface area contributed by atoms with Crippen molar-refractivity contribution in [3.8, 4) is 0 Å². The van der Waals surface area contributed by atoms with Gasteiger partial charge in [0, 0.05) is 10.9 Å². The van der Waals surface area contributed by atoms with Crippen molar-refractivity contribution in [3.05, 3.63) is 22.4 Å².